The van der Waals surface area contributed by atoms with Crippen LogP contribution >= 0.6 is 11.8 Å². The maximum atomic E-state index is 13.8. The van der Waals surface area contributed by atoms with Crippen LogP contribution in [0.5, 0.6) is 0 Å². The van der Waals surface area contributed by atoms with Crippen molar-refractivity contribution in [3.63, 3.8) is 0 Å². The number of anilines is 1. The maximum Gasteiger partial charge on any atom is 0.253 e. The van der Waals surface area contributed by atoms with Crippen molar-refractivity contribution in [3.05, 3.63) is 29.6 Å². The zero-order valence-corrected chi connectivity index (χ0v) is 13.5. The average molecular weight is 310 g/mol. The van der Waals surface area contributed by atoms with E-state index in [4.69, 9.17) is 0 Å². The van der Waals surface area contributed by atoms with Crippen LogP contribution in [0.4, 0.5) is 10.1 Å². The van der Waals surface area contributed by atoms with Crippen molar-refractivity contribution in [2.24, 2.45) is 0 Å². The molecule has 0 unspecified atom stereocenters. The summed E-state index contributed by atoms with van der Waals surface area (Å²) in [5.41, 5.74) is 0.674. The zero-order valence-electron chi connectivity index (χ0n) is 12.7. The lowest BCUT2D eigenvalue weighted by molar-refractivity contribution is 0.0950. The van der Waals surface area contributed by atoms with Gasteiger partial charge in [0.15, 0.2) is 0 Å². The van der Waals surface area contributed by atoms with E-state index in [9.17, 15) is 9.18 Å². The quantitative estimate of drug-likeness (QED) is 0.842. The number of carbonyl (C=O) groups is 1. The topological polar surface area (TPSA) is 41.1 Å². The highest BCUT2D eigenvalue weighted by molar-refractivity contribution is 8.00. The van der Waals surface area contributed by atoms with Crippen LogP contribution in [0.2, 0.25) is 0 Å². The Kier molecular flexibility index (Phi) is 5.51. The minimum atomic E-state index is -0.384. The van der Waals surface area contributed by atoms with E-state index in [1.165, 1.54) is 18.9 Å². The van der Waals surface area contributed by atoms with E-state index in [-0.39, 0.29) is 16.5 Å². The average Bonchev–Trinajstić information content (AvgIpc) is 2.96. The van der Waals surface area contributed by atoms with Gasteiger partial charge in [0, 0.05) is 17.8 Å². The first kappa shape index (κ1) is 16.1. The molecule has 1 aliphatic rings. The molecule has 0 bridgehead atoms. The molecule has 1 aliphatic carbocycles. The van der Waals surface area contributed by atoms with Crippen molar-refractivity contribution in [3.8, 4) is 0 Å². The number of hydrogen-bond acceptors (Lipinski definition) is 3. The van der Waals surface area contributed by atoms with Crippen LogP contribution in [0.15, 0.2) is 18.2 Å². The Balaban J connectivity index is 2.08. The summed E-state index contributed by atoms with van der Waals surface area (Å²) in [4.78, 5) is 12.4. The molecule has 21 heavy (non-hydrogen) atoms. The number of benzene rings is 1. The maximum absolute atomic E-state index is 13.8. The molecular formula is C16H23FN2OS. The van der Waals surface area contributed by atoms with E-state index in [1.54, 1.807) is 12.1 Å². The Morgan fingerprint density at radius 1 is 1.38 bits per heavy atom. The van der Waals surface area contributed by atoms with Gasteiger partial charge in [-0.3, -0.25) is 4.79 Å². The first-order chi connectivity index (χ1) is 10.1. The number of amides is 1. The van der Waals surface area contributed by atoms with Crippen LogP contribution in [0, 0.1) is 5.82 Å². The monoisotopic (exact) mass is 310 g/mol. The van der Waals surface area contributed by atoms with Crippen LogP contribution in [-0.4, -0.2) is 30.0 Å². The highest BCUT2D eigenvalue weighted by atomic mass is 32.2. The lowest BCUT2D eigenvalue weighted by Gasteiger charge is -2.27. The molecular weight excluding hydrogens is 287 g/mol. The van der Waals surface area contributed by atoms with Gasteiger partial charge in [0.2, 0.25) is 0 Å². The molecule has 1 aromatic carbocycles. The first-order valence-electron chi connectivity index (χ1n) is 7.47. The fourth-order valence-corrected chi connectivity index (χ4v) is 3.79. The van der Waals surface area contributed by atoms with Gasteiger partial charge < -0.3 is 10.6 Å². The van der Waals surface area contributed by atoms with Crippen LogP contribution in [0.25, 0.3) is 0 Å². The molecule has 0 spiro atoms. The van der Waals surface area contributed by atoms with Gasteiger partial charge >= 0.3 is 0 Å². The van der Waals surface area contributed by atoms with Crippen LogP contribution in [-0.2, 0) is 0 Å². The standard InChI is InChI=1S/C16H23FN2OS/c1-3-18-14-12(7-6-8-13(14)17)15(20)19-11-16(21-2)9-4-5-10-16/h6-8,18H,3-5,9-11H2,1-2H3,(H,19,20). The summed E-state index contributed by atoms with van der Waals surface area (Å²) in [6, 6.07) is 4.61. The lowest BCUT2D eigenvalue weighted by Crippen LogP contribution is -2.38. The normalized spacial score (nSPS) is 16.7. The second kappa shape index (κ2) is 7.16. The molecule has 0 saturated heterocycles. The van der Waals surface area contributed by atoms with Crippen molar-refractivity contribution in [1.82, 2.24) is 5.32 Å². The van der Waals surface area contributed by atoms with Crippen molar-refractivity contribution in [2.45, 2.75) is 37.4 Å². The molecule has 0 aromatic heterocycles. The molecule has 1 fully saturated rings. The van der Waals surface area contributed by atoms with E-state index < -0.39 is 0 Å². The molecule has 1 amide bonds. The van der Waals surface area contributed by atoms with Crippen molar-refractivity contribution >= 4 is 23.4 Å². The largest absolute Gasteiger partial charge is 0.382 e. The second-order valence-corrected chi connectivity index (χ2v) is 6.74. The highest BCUT2D eigenvalue weighted by Crippen LogP contribution is 2.39. The summed E-state index contributed by atoms with van der Waals surface area (Å²) >= 11 is 1.83. The van der Waals surface area contributed by atoms with E-state index >= 15 is 0 Å². The molecule has 3 nitrogen and oxygen atoms in total. The van der Waals surface area contributed by atoms with Gasteiger partial charge in [0.05, 0.1) is 11.3 Å². The summed E-state index contributed by atoms with van der Waals surface area (Å²) in [5, 5.41) is 5.93. The molecule has 5 heteroatoms. The minimum Gasteiger partial charge on any atom is -0.382 e. The SMILES string of the molecule is CCNc1c(F)cccc1C(=O)NCC1(SC)CCCC1. The Bertz CT molecular complexity index is 501. The Labute approximate surface area is 130 Å². The van der Waals surface area contributed by atoms with Gasteiger partial charge in [-0.05, 0) is 38.2 Å². The number of nitrogens with one attached hydrogen (secondary N) is 2. The van der Waals surface area contributed by atoms with Crippen molar-refractivity contribution in [1.29, 1.82) is 0 Å². The van der Waals surface area contributed by atoms with Crippen LogP contribution < -0.4 is 10.6 Å². The Hall–Kier alpha value is -1.23. The molecule has 2 rings (SSSR count). The molecule has 1 saturated carbocycles. The van der Waals surface area contributed by atoms with Crippen molar-refractivity contribution < 1.29 is 9.18 Å². The molecule has 1 aromatic rings. The number of para-hydroxylation sites is 1. The van der Waals surface area contributed by atoms with E-state index in [0.29, 0.717) is 24.3 Å². The number of rotatable bonds is 6. The minimum absolute atomic E-state index is 0.154. The summed E-state index contributed by atoms with van der Waals surface area (Å²) in [7, 11) is 0. The smallest absolute Gasteiger partial charge is 0.253 e. The van der Waals surface area contributed by atoms with Gasteiger partial charge in [0.1, 0.15) is 5.82 Å². The predicted molar refractivity (Wildman–Crippen MR) is 87.6 cm³/mol. The van der Waals surface area contributed by atoms with Crippen LogP contribution in [0.1, 0.15) is 43.0 Å². The fourth-order valence-electron chi connectivity index (χ4n) is 2.88. The zero-order chi connectivity index (χ0) is 15.3. The number of hydrogen-bond donors (Lipinski definition) is 2. The Morgan fingerprint density at radius 2 is 2.10 bits per heavy atom. The third kappa shape index (κ3) is 3.70. The van der Waals surface area contributed by atoms with E-state index in [1.807, 2.05) is 18.7 Å². The number of carbonyl (C=O) groups excluding carboxylic acids is 1. The summed E-state index contributed by atoms with van der Waals surface area (Å²) in [6.45, 7) is 3.11. The molecule has 0 heterocycles. The molecule has 0 atom stereocenters. The van der Waals surface area contributed by atoms with Gasteiger partial charge in [-0.25, -0.2) is 4.39 Å². The summed E-state index contributed by atoms with van der Waals surface area (Å²) in [6.07, 6.45) is 6.82. The number of thioether (sulfide) groups is 1. The third-order valence-corrected chi connectivity index (χ3v) is 5.55. The van der Waals surface area contributed by atoms with Crippen LogP contribution in [0.3, 0.4) is 0 Å². The summed E-state index contributed by atoms with van der Waals surface area (Å²) in [5.74, 6) is -0.587. The van der Waals surface area contributed by atoms with Gasteiger partial charge in [-0.15, -0.1) is 0 Å². The number of halogens is 1. The van der Waals surface area contributed by atoms with E-state index in [0.717, 1.165) is 12.8 Å². The first-order valence-corrected chi connectivity index (χ1v) is 8.70. The predicted octanol–water partition coefficient (Wildman–Crippen LogP) is 3.66. The highest BCUT2D eigenvalue weighted by Gasteiger charge is 2.33. The van der Waals surface area contributed by atoms with Crippen molar-refractivity contribution in [2.75, 3.05) is 24.7 Å². The summed E-state index contributed by atoms with van der Waals surface area (Å²) < 4.78 is 14.0. The molecule has 116 valence electrons. The van der Waals surface area contributed by atoms with Gasteiger partial charge in [-0.2, -0.15) is 11.8 Å². The fraction of sp³-hybridized carbons (Fsp3) is 0.562. The molecule has 0 aliphatic heterocycles. The van der Waals surface area contributed by atoms with E-state index in [2.05, 4.69) is 16.9 Å². The molecule has 0 radical (unpaired) electrons. The van der Waals surface area contributed by atoms with Gasteiger partial charge in [-0.1, -0.05) is 18.9 Å². The lowest BCUT2D eigenvalue weighted by atomic mass is 10.1. The second-order valence-electron chi connectivity index (χ2n) is 5.47. The third-order valence-electron chi connectivity index (χ3n) is 4.13. The Morgan fingerprint density at radius 3 is 2.71 bits per heavy atom. The molecule has 2 N–H and O–H groups in total. The van der Waals surface area contributed by atoms with Gasteiger partial charge in [0.25, 0.3) is 5.91 Å².